The molecule has 1 aliphatic heterocycles. The summed E-state index contributed by atoms with van der Waals surface area (Å²) in [5.41, 5.74) is 0.692. The Morgan fingerprint density at radius 2 is 1.81 bits per heavy atom. The van der Waals surface area contributed by atoms with Crippen LogP contribution in [0.4, 0.5) is 5.69 Å². The van der Waals surface area contributed by atoms with E-state index in [1.54, 1.807) is 35.2 Å². The smallest absolute Gasteiger partial charge is 0.261 e. The zero-order chi connectivity index (χ0) is 18.7. The molecule has 7 nitrogen and oxygen atoms in total. The van der Waals surface area contributed by atoms with Gasteiger partial charge < -0.3 is 14.4 Å². The molecule has 138 valence electrons. The summed E-state index contributed by atoms with van der Waals surface area (Å²) in [6.07, 6.45) is 0. The molecule has 1 heterocycles. The van der Waals surface area contributed by atoms with Gasteiger partial charge in [-0.2, -0.15) is 0 Å². The second-order valence-corrected chi connectivity index (χ2v) is 7.36. The fourth-order valence-corrected chi connectivity index (χ4v) is 3.76. The van der Waals surface area contributed by atoms with Gasteiger partial charge in [-0.3, -0.25) is 9.52 Å². The number of amides is 1. The van der Waals surface area contributed by atoms with Gasteiger partial charge in [0.15, 0.2) is 11.5 Å². The van der Waals surface area contributed by atoms with Crippen LogP contribution < -0.4 is 14.2 Å². The minimum atomic E-state index is -3.84. The normalized spacial score (nSPS) is 12.7. The summed E-state index contributed by atoms with van der Waals surface area (Å²) in [6, 6.07) is 10.8. The van der Waals surface area contributed by atoms with E-state index in [0.717, 1.165) is 0 Å². The molecule has 0 atom stereocenters. The summed E-state index contributed by atoms with van der Waals surface area (Å²) in [4.78, 5) is 14.1. The molecular weight excluding hydrogens is 356 g/mol. The van der Waals surface area contributed by atoms with Crippen molar-refractivity contribution in [3.63, 3.8) is 0 Å². The number of carbonyl (C=O) groups is 1. The van der Waals surface area contributed by atoms with Crippen molar-refractivity contribution in [3.05, 3.63) is 48.0 Å². The fraction of sp³-hybridized carbons (Fsp3) is 0.278. The molecule has 0 saturated heterocycles. The van der Waals surface area contributed by atoms with Crippen LogP contribution in [-0.4, -0.2) is 39.1 Å². The van der Waals surface area contributed by atoms with E-state index >= 15 is 0 Å². The Hall–Kier alpha value is -2.74. The number of nitrogens with one attached hydrogen (secondary N) is 1. The highest BCUT2D eigenvalue weighted by Crippen LogP contribution is 2.34. The van der Waals surface area contributed by atoms with Crippen molar-refractivity contribution in [1.29, 1.82) is 0 Å². The number of benzene rings is 2. The lowest BCUT2D eigenvalue weighted by Crippen LogP contribution is -2.30. The van der Waals surface area contributed by atoms with Gasteiger partial charge in [-0.1, -0.05) is 6.07 Å². The molecule has 0 bridgehead atoms. The van der Waals surface area contributed by atoms with E-state index < -0.39 is 10.0 Å². The molecule has 8 heteroatoms. The highest BCUT2D eigenvalue weighted by atomic mass is 32.2. The third-order valence-corrected chi connectivity index (χ3v) is 5.45. The zero-order valence-corrected chi connectivity index (χ0v) is 15.4. The Bertz CT molecular complexity index is 923. The Kier molecular flexibility index (Phi) is 5.03. The summed E-state index contributed by atoms with van der Waals surface area (Å²) in [5, 5.41) is 0. The molecular formula is C18H20N2O5S. The lowest BCUT2D eigenvalue weighted by molar-refractivity contribution is 0.0772. The van der Waals surface area contributed by atoms with Crippen molar-refractivity contribution < 1.29 is 22.7 Å². The molecule has 1 amide bonds. The molecule has 0 spiro atoms. The molecule has 3 rings (SSSR count). The minimum absolute atomic E-state index is 0.0215. The van der Waals surface area contributed by atoms with E-state index in [2.05, 4.69) is 4.72 Å². The minimum Gasteiger partial charge on any atom is -0.454 e. The zero-order valence-electron chi connectivity index (χ0n) is 14.6. The second-order valence-electron chi connectivity index (χ2n) is 5.68. The van der Waals surface area contributed by atoms with Crippen LogP contribution in [0.15, 0.2) is 47.4 Å². The molecule has 1 aliphatic rings. The number of hydrogen-bond donors (Lipinski definition) is 1. The first-order chi connectivity index (χ1) is 12.4. The maximum absolute atomic E-state index is 12.7. The van der Waals surface area contributed by atoms with Gasteiger partial charge in [-0.05, 0) is 44.2 Å². The number of hydrogen-bond acceptors (Lipinski definition) is 5. The van der Waals surface area contributed by atoms with Crippen molar-refractivity contribution in [2.75, 3.05) is 24.6 Å². The van der Waals surface area contributed by atoms with Crippen molar-refractivity contribution in [3.8, 4) is 11.5 Å². The monoisotopic (exact) mass is 376 g/mol. The van der Waals surface area contributed by atoms with E-state index in [9.17, 15) is 13.2 Å². The number of ether oxygens (including phenoxy) is 2. The Balaban J connectivity index is 1.85. The van der Waals surface area contributed by atoms with Gasteiger partial charge in [0.1, 0.15) is 0 Å². The first-order valence-electron chi connectivity index (χ1n) is 8.26. The molecule has 0 aliphatic carbocycles. The predicted molar refractivity (Wildman–Crippen MR) is 97.1 cm³/mol. The third-order valence-electron chi connectivity index (χ3n) is 4.07. The molecule has 0 unspecified atom stereocenters. The third kappa shape index (κ3) is 3.60. The lowest BCUT2D eigenvalue weighted by Gasteiger charge is -2.19. The van der Waals surface area contributed by atoms with Gasteiger partial charge in [-0.15, -0.1) is 0 Å². The summed E-state index contributed by atoms with van der Waals surface area (Å²) < 4.78 is 38.3. The topological polar surface area (TPSA) is 84.9 Å². The first kappa shape index (κ1) is 18.1. The van der Waals surface area contributed by atoms with Gasteiger partial charge in [-0.25, -0.2) is 8.42 Å². The van der Waals surface area contributed by atoms with Gasteiger partial charge in [0.05, 0.1) is 10.6 Å². The fourth-order valence-electron chi connectivity index (χ4n) is 2.66. The maximum Gasteiger partial charge on any atom is 0.261 e. The number of nitrogens with zero attached hydrogens (tertiary/aromatic N) is 1. The molecule has 1 N–H and O–H groups in total. The largest absolute Gasteiger partial charge is 0.454 e. The SMILES string of the molecule is CCN(CC)C(=O)c1cccc(S(=O)(=O)Nc2ccc3c(c2)OCO3)c1. The Morgan fingerprint density at radius 3 is 2.54 bits per heavy atom. The van der Waals surface area contributed by atoms with Crippen LogP contribution in [0.5, 0.6) is 11.5 Å². The maximum atomic E-state index is 12.7. The standard InChI is InChI=1S/C18H20N2O5S/c1-3-20(4-2)18(21)13-6-5-7-15(10-13)26(22,23)19-14-8-9-16-17(11-14)25-12-24-16/h5-11,19H,3-4,12H2,1-2H3. The van der Waals surface area contributed by atoms with Crippen molar-refractivity contribution >= 4 is 21.6 Å². The van der Waals surface area contributed by atoms with Crippen molar-refractivity contribution in [2.45, 2.75) is 18.7 Å². The van der Waals surface area contributed by atoms with E-state index in [-0.39, 0.29) is 17.6 Å². The summed E-state index contributed by atoms with van der Waals surface area (Å²) in [6.45, 7) is 4.98. The van der Waals surface area contributed by atoms with Crippen LogP contribution in [0.25, 0.3) is 0 Å². The quantitative estimate of drug-likeness (QED) is 0.838. The molecule has 2 aromatic carbocycles. The van der Waals surface area contributed by atoms with E-state index in [1.165, 1.54) is 12.1 Å². The Labute approximate surface area is 152 Å². The molecule has 0 saturated carbocycles. The van der Waals surface area contributed by atoms with Gasteiger partial charge >= 0.3 is 0 Å². The van der Waals surface area contributed by atoms with E-state index in [0.29, 0.717) is 35.8 Å². The van der Waals surface area contributed by atoms with Crippen molar-refractivity contribution in [1.82, 2.24) is 4.90 Å². The molecule has 2 aromatic rings. The van der Waals surface area contributed by atoms with Crippen LogP contribution in [0.1, 0.15) is 24.2 Å². The number of sulfonamides is 1. The van der Waals surface area contributed by atoms with Gasteiger partial charge in [0, 0.05) is 24.7 Å². The van der Waals surface area contributed by atoms with Crippen LogP contribution in [-0.2, 0) is 10.0 Å². The highest BCUT2D eigenvalue weighted by molar-refractivity contribution is 7.92. The lowest BCUT2D eigenvalue weighted by atomic mass is 10.2. The van der Waals surface area contributed by atoms with Crippen LogP contribution in [0.2, 0.25) is 0 Å². The molecule has 0 radical (unpaired) electrons. The van der Waals surface area contributed by atoms with E-state index in [1.807, 2.05) is 13.8 Å². The molecule has 0 fully saturated rings. The predicted octanol–water partition coefficient (Wildman–Crippen LogP) is 2.70. The second kappa shape index (κ2) is 7.25. The highest BCUT2D eigenvalue weighted by Gasteiger charge is 2.20. The average molecular weight is 376 g/mol. The Morgan fingerprint density at radius 1 is 1.08 bits per heavy atom. The van der Waals surface area contributed by atoms with Crippen LogP contribution >= 0.6 is 0 Å². The summed E-state index contributed by atoms with van der Waals surface area (Å²) >= 11 is 0. The first-order valence-corrected chi connectivity index (χ1v) is 9.74. The van der Waals surface area contributed by atoms with Crippen LogP contribution in [0.3, 0.4) is 0 Å². The number of rotatable bonds is 6. The van der Waals surface area contributed by atoms with Crippen molar-refractivity contribution in [2.24, 2.45) is 0 Å². The van der Waals surface area contributed by atoms with Crippen LogP contribution in [0, 0.1) is 0 Å². The molecule has 0 aromatic heterocycles. The number of anilines is 1. The van der Waals surface area contributed by atoms with Gasteiger partial charge in [0.25, 0.3) is 15.9 Å². The average Bonchev–Trinajstić information content (AvgIpc) is 3.10. The van der Waals surface area contributed by atoms with E-state index in [4.69, 9.17) is 9.47 Å². The number of carbonyl (C=O) groups excluding carboxylic acids is 1. The van der Waals surface area contributed by atoms with Gasteiger partial charge in [0.2, 0.25) is 6.79 Å². The molecule has 26 heavy (non-hydrogen) atoms. The number of fused-ring (bicyclic) bond motifs is 1. The summed E-state index contributed by atoms with van der Waals surface area (Å²) in [5.74, 6) is 0.852. The summed E-state index contributed by atoms with van der Waals surface area (Å²) in [7, 11) is -3.84.